The summed E-state index contributed by atoms with van der Waals surface area (Å²) in [7, 11) is -4.13. The Hall–Kier alpha value is -4.71. The number of sulfonamides is 1. The molecule has 11 nitrogen and oxygen atoms in total. The molecule has 1 atom stereocenters. The van der Waals surface area contributed by atoms with Gasteiger partial charge in [-0.1, -0.05) is 44.2 Å². The number of aliphatic hydroxyl groups excluding tert-OH is 1. The number of carboxylic acids is 2. The summed E-state index contributed by atoms with van der Waals surface area (Å²) in [4.78, 5) is 39.2. The zero-order valence-corrected chi connectivity index (χ0v) is 24.1. The summed E-state index contributed by atoms with van der Waals surface area (Å²) in [5, 5.41) is 30.6. The van der Waals surface area contributed by atoms with E-state index in [1.54, 1.807) is 6.07 Å². The summed E-state index contributed by atoms with van der Waals surface area (Å²) in [6.45, 7) is 6.57. The van der Waals surface area contributed by atoms with Gasteiger partial charge < -0.3 is 19.9 Å². The van der Waals surface area contributed by atoms with Gasteiger partial charge in [-0.15, -0.1) is 0 Å². The van der Waals surface area contributed by atoms with E-state index in [0.29, 0.717) is 5.92 Å². The van der Waals surface area contributed by atoms with Crippen molar-refractivity contribution < 1.29 is 33.3 Å². The summed E-state index contributed by atoms with van der Waals surface area (Å²) in [6, 6.07) is 17.3. The molecule has 3 aromatic rings. The third-order valence-corrected chi connectivity index (χ3v) is 8.57. The van der Waals surface area contributed by atoms with Crippen LogP contribution in [0.1, 0.15) is 33.6 Å². The van der Waals surface area contributed by atoms with E-state index in [4.69, 9.17) is 0 Å². The average Bonchev–Trinajstić information content (AvgIpc) is 2.92. The van der Waals surface area contributed by atoms with Crippen LogP contribution in [0.25, 0.3) is 10.9 Å². The second-order valence-electron chi connectivity index (χ2n) is 10.5. The third-order valence-electron chi connectivity index (χ3n) is 7.18. The van der Waals surface area contributed by atoms with Crippen LogP contribution in [0.5, 0.6) is 0 Å². The lowest BCUT2D eigenvalue weighted by Gasteiger charge is -2.35. The highest BCUT2D eigenvalue weighted by Crippen LogP contribution is 2.43. The molecule has 1 unspecified atom stereocenters. The van der Waals surface area contributed by atoms with Gasteiger partial charge >= 0.3 is 11.9 Å². The van der Waals surface area contributed by atoms with E-state index in [1.165, 1.54) is 31.2 Å². The number of amidine groups is 1. The number of allylic oxidation sites excluding steroid dienone is 2. The van der Waals surface area contributed by atoms with Gasteiger partial charge in [0.15, 0.2) is 5.41 Å². The van der Waals surface area contributed by atoms with Crippen molar-refractivity contribution in [2.24, 2.45) is 16.3 Å². The molecule has 12 heteroatoms. The van der Waals surface area contributed by atoms with Gasteiger partial charge in [-0.3, -0.25) is 14.3 Å². The molecular formula is C30H31N3O8S. The fourth-order valence-electron chi connectivity index (χ4n) is 4.79. The lowest BCUT2D eigenvalue weighted by Crippen LogP contribution is -2.52. The van der Waals surface area contributed by atoms with E-state index in [9.17, 15) is 38.1 Å². The van der Waals surface area contributed by atoms with Crippen molar-refractivity contribution in [3.05, 3.63) is 94.0 Å². The maximum atomic E-state index is 12.5. The van der Waals surface area contributed by atoms with Crippen LogP contribution in [0.3, 0.4) is 0 Å². The Morgan fingerprint density at radius 3 is 2.38 bits per heavy atom. The Morgan fingerprint density at radius 2 is 1.71 bits per heavy atom. The molecule has 2 aromatic carbocycles. The van der Waals surface area contributed by atoms with Crippen LogP contribution in [0.4, 0.5) is 5.69 Å². The highest BCUT2D eigenvalue weighted by molar-refractivity contribution is 7.90. The van der Waals surface area contributed by atoms with E-state index >= 15 is 0 Å². The fourth-order valence-corrected chi connectivity index (χ4v) is 6.02. The number of aryl methyl sites for hydroxylation is 1. The number of aliphatic hydroxyl groups is 1. The molecule has 0 fully saturated rings. The van der Waals surface area contributed by atoms with Crippen LogP contribution in [-0.4, -0.2) is 46.1 Å². The van der Waals surface area contributed by atoms with Gasteiger partial charge in [-0.05, 0) is 60.6 Å². The smallest absolute Gasteiger partial charge is 0.331 e. The highest BCUT2D eigenvalue weighted by Gasteiger charge is 2.53. The molecule has 1 aliphatic carbocycles. The number of carboxylic acid groups (broad SMARTS) is 2. The number of nitrogens with one attached hydrogen (secondary N) is 1. The first kappa shape index (κ1) is 30.3. The van der Waals surface area contributed by atoms with Gasteiger partial charge in [-0.2, -0.15) is 0 Å². The second kappa shape index (κ2) is 11.6. The topological polar surface area (TPSA) is 175 Å². The first-order valence-electron chi connectivity index (χ1n) is 13.1. The largest absolute Gasteiger partial charge is 0.511 e. The van der Waals surface area contributed by atoms with Crippen molar-refractivity contribution in [3.8, 4) is 0 Å². The summed E-state index contributed by atoms with van der Waals surface area (Å²) >= 11 is 0. The first-order valence-corrected chi connectivity index (χ1v) is 14.6. The van der Waals surface area contributed by atoms with Gasteiger partial charge in [0, 0.05) is 24.6 Å². The lowest BCUT2D eigenvalue weighted by molar-refractivity contribution is -0.144. The number of hydrogen-bond acceptors (Lipinski definition) is 7. The minimum absolute atomic E-state index is 0.00201. The van der Waals surface area contributed by atoms with Crippen LogP contribution in [0.15, 0.2) is 98.3 Å². The number of nitrogens with zero attached hydrogens (tertiary/aromatic N) is 2. The monoisotopic (exact) mass is 593 g/mol. The van der Waals surface area contributed by atoms with Crippen LogP contribution in [0, 0.1) is 11.3 Å². The van der Waals surface area contributed by atoms with Crippen LogP contribution in [0.2, 0.25) is 0 Å². The number of aliphatic imine (C=N–C) groups is 1. The van der Waals surface area contributed by atoms with Crippen molar-refractivity contribution in [2.45, 2.75) is 45.1 Å². The zero-order valence-electron chi connectivity index (χ0n) is 23.2. The molecule has 2 aliphatic rings. The third kappa shape index (κ3) is 5.70. The standard InChI is InChI=1S/C16H14N2O7S.C14H17NO/c1-8-6-12(19)16(15(22)23,7-9(8)13(20)21)14-17-10-4-2-3-5-11(10)26(24,25)18-14;1-11(2)9-10-15-13-6-4-3-5-12(13)7-8-14(15)16/h2-6,19H,7H2,1H3,(H,17,18)(H,20,21)(H,22,23);3-8,11H,9-10H2,1-2H3. The predicted octanol–water partition coefficient (Wildman–Crippen LogP) is 4.37. The Kier molecular flexibility index (Phi) is 8.39. The SMILES string of the molecule is CC(C)CCn1c(=O)ccc2ccccc21.CC1=C(C(=O)O)CC(C(=O)O)(C2=Nc3ccccc3S(=O)(=O)N2)C(O)=C1. The molecule has 0 radical (unpaired) electrons. The molecule has 5 rings (SSSR count). The van der Waals surface area contributed by atoms with Crippen molar-refractivity contribution in [3.63, 3.8) is 0 Å². The Balaban J connectivity index is 0.000000216. The number of hydrogen-bond donors (Lipinski definition) is 4. The molecule has 220 valence electrons. The molecule has 0 bridgehead atoms. The normalized spacial score (nSPS) is 19.1. The number of aromatic nitrogens is 1. The van der Waals surface area contributed by atoms with Gasteiger partial charge in [-0.25, -0.2) is 18.2 Å². The number of carbonyl (C=O) groups is 2. The fraction of sp³-hybridized carbons (Fsp3) is 0.267. The van der Waals surface area contributed by atoms with E-state index in [2.05, 4.69) is 23.6 Å². The van der Waals surface area contributed by atoms with Gasteiger partial charge in [0.25, 0.3) is 15.6 Å². The number of pyridine rings is 1. The van der Waals surface area contributed by atoms with Crippen molar-refractivity contribution in [1.82, 2.24) is 9.29 Å². The molecule has 0 saturated carbocycles. The summed E-state index contributed by atoms with van der Waals surface area (Å²) in [5.41, 5.74) is -1.31. The molecule has 0 amide bonds. The molecule has 2 heterocycles. The van der Waals surface area contributed by atoms with Gasteiger partial charge in [0.05, 0.1) is 11.2 Å². The zero-order chi connectivity index (χ0) is 30.8. The number of rotatable bonds is 6. The average molecular weight is 594 g/mol. The Bertz CT molecular complexity index is 1840. The van der Waals surface area contributed by atoms with E-state index in [0.717, 1.165) is 29.9 Å². The van der Waals surface area contributed by atoms with E-state index < -0.39 is 45.4 Å². The summed E-state index contributed by atoms with van der Waals surface area (Å²) in [6.07, 6.45) is 1.38. The molecule has 1 aromatic heterocycles. The molecular weight excluding hydrogens is 562 g/mol. The van der Waals surface area contributed by atoms with E-state index in [1.807, 2.05) is 34.9 Å². The molecule has 4 N–H and O–H groups in total. The number of aliphatic carboxylic acids is 2. The number of para-hydroxylation sites is 2. The Labute approximate surface area is 242 Å². The number of fused-ring (bicyclic) bond motifs is 2. The van der Waals surface area contributed by atoms with Gasteiger partial charge in [0.1, 0.15) is 16.5 Å². The molecule has 0 spiro atoms. The predicted molar refractivity (Wildman–Crippen MR) is 157 cm³/mol. The minimum Gasteiger partial charge on any atom is -0.511 e. The van der Waals surface area contributed by atoms with Gasteiger partial charge in [0.2, 0.25) is 0 Å². The minimum atomic E-state index is -4.13. The maximum Gasteiger partial charge on any atom is 0.331 e. The second-order valence-corrected chi connectivity index (χ2v) is 12.1. The van der Waals surface area contributed by atoms with Crippen LogP contribution in [-0.2, 0) is 26.2 Å². The molecule has 0 saturated heterocycles. The Morgan fingerprint density at radius 1 is 1.05 bits per heavy atom. The highest BCUT2D eigenvalue weighted by atomic mass is 32.2. The van der Waals surface area contributed by atoms with Crippen LogP contribution < -0.4 is 10.3 Å². The molecule has 42 heavy (non-hydrogen) atoms. The molecule has 1 aliphatic heterocycles. The first-order chi connectivity index (χ1) is 19.8. The number of benzene rings is 2. The lowest BCUT2D eigenvalue weighted by atomic mass is 9.73. The van der Waals surface area contributed by atoms with E-state index in [-0.39, 0.29) is 27.3 Å². The van der Waals surface area contributed by atoms with Crippen molar-refractivity contribution >= 4 is 44.4 Å². The quantitative estimate of drug-likeness (QED) is 0.326. The van der Waals surface area contributed by atoms with Crippen LogP contribution >= 0.6 is 0 Å². The maximum absolute atomic E-state index is 12.5. The summed E-state index contributed by atoms with van der Waals surface area (Å²) in [5.74, 6) is -3.64. The van der Waals surface area contributed by atoms with Crippen molar-refractivity contribution in [2.75, 3.05) is 0 Å². The van der Waals surface area contributed by atoms with Crippen molar-refractivity contribution in [1.29, 1.82) is 0 Å². The summed E-state index contributed by atoms with van der Waals surface area (Å²) < 4.78 is 28.9.